The van der Waals surface area contributed by atoms with Gasteiger partial charge in [0.1, 0.15) is 0 Å². The number of hydrogen-bond donors (Lipinski definition) is 1. The van der Waals surface area contributed by atoms with Gasteiger partial charge in [0.25, 0.3) is 0 Å². The predicted molar refractivity (Wildman–Crippen MR) is 85.0 cm³/mol. The molecule has 3 rings (SSSR count). The van der Waals surface area contributed by atoms with Crippen molar-refractivity contribution < 1.29 is 9.31 Å². The summed E-state index contributed by atoms with van der Waals surface area (Å²) in [6, 6.07) is 7.40. The van der Waals surface area contributed by atoms with Crippen LogP contribution in [-0.2, 0) is 9.31 Å². The van der Waals surface area contributed by atoms with Crippen LogP contribution >= 0.6 is 0 Å². The summed E-state index contributed by atoms with van der Waals surface area (Å²) in [5, 5.41) is 0.985. The van der Waals surface area contributed by atoms with Gasteiger partial charge in [0.15, 0.2) is 0 Å². The van der Waals surface area contributed by atoms with Gasteiger partial charge < -0.3 is 14.3 Å². The van der Waals surface area contributed by atoms with Crippen LogP contribution in [0, 0.1) is 6.92 Å². The Morgan fingerprint density at radius 3 is 2.29 bits per heavy atom. The summed E-state index contributed by atoms with van der Waals surface area (Å²) in [6.07, 6.45) is 0. The second-order valence-corrected chi connectivity index (χ2v) is 6.71. The van der Waals surface area contributed by atoms with Crippen LogP contribution in [0.1, 0.15) is 33.3 Å². The number of aromatic nitrogens is 1. The lowest BCUT2D eigenvalue weighted by Crippen LogP contribution is -2.41. The first-order valence-corrected chi connectivity index (χ1v) is 7.19. The van der Waals surface area contributed by atoms with Gasteiger partial charge in [-0.25, -0.2) is 0 Å². The highest BCUT2D eigenvalue weighted by Crippen LogP contribution is 2.36. The molecule has 110 valence electrons. The van der Waals surface area contributed by atoms with Crippen molar-refractivity contribution >= 4 is 23.5 Å². The third-order valence-electron chi connectivity index (χ3n) is 4.58. The van der Waals surface area contributed by atoms with Crippen LogP contribution in [0.25, 0.3) is 10.9 Å². The molecule has 1 saturated heterocycles. The van der Waals surface area contributed by atoms with Gasteiger partial charge in [-0.2, -0.15) is 0 Å². The lowest BCUT2D eigenvalue weighted by Gasteiger charge is -2.32. The molecule has 1 aromatic heterocycles. The zero-order valence-corrected chi connectivity index (χ0v) is 13.1. The highest BCUT2D eigenvalue weighted by molar-refractivity contribution is 6.62. The van der Waals surface area contributed by atoms with Crippen LogP contribution in [0.2, 0.25) is 0 Å². The summed E-state index contributed by atoms with van der Waals surface area (Å²) in [5.41, 5.74) is 2.05. The Labute approximate surface area is 124 Å². The van der Waals surface area contributed by atoms with Crippen molar-refractivity contribution in [1.82, 2.24) is 4.98 Å². The number of hydrogen-bond acceptors (Lipinski definition) is 3. The van der Waals surface area contributed by atoms with Crippen LogP contribution in [-0.4, -0.2) is 23.3 Å². The lowest BCUT2D eigenvalue weighted by molar-refractivity contribution is 0.00578. The van der Waals surface area contributed by atoms with Crippen molar-refractivity contribution in [2.24, 2.45) is 0 Å². The number of benzene rings is 1. The molecule has 5 heteroatoms. The molecule has 1 aliphatic rings. The summed E-state index contributed by atoms with van der Waals surface area (Å²) in [6.45, 7) is 10.1. The standard InChI is InChI=1S/C16H20BNO3/c1-10-8-12(9-11-6-7-13(19)18-14(10)11)17-20-15(2,3)16(4,5)21-17/h6-9H,1-5H3,(H,18,19). The third-order valence-corrected chi connectivity index (χ3v) is 4.58. The Morgan fingerprint density at radius 1 is 1.05 bits per heavy atom. The summed E-state index contributed by atoms with van der Waals surface area (Å²) in [4.78, 5) is 14.3. The van der Waals surface area contributed by atoms with E-state index in [1.165, 1.54) is 6.07 Å². The molecule has 0 aliphatic carbocycles. The zero-order chi connectivity index (χ0) is 15.4. The summed E-state index contributed by atoms with van der Waals surface area (Å²) in [7, 11) is -0.384. The van der Waals surface area contributed by atoms with Gasteiger partial charge in [0, 0.05) is 6.07 Å². The molecule has 4 nitrogen and oxygen atoms in total. The van der Waals surface area contributed by atoms with E-state index >= 15 is 0 Å². The minimum absolute atomic E-state index is 0.0889. The van der Waals surface area contributed by atoms with Gasteiger partial charge in [0.2, 0.25) is 5.56 Å². The first kappa shape index (κ1) is 14.4. The van der Waals surface area contributed by atoms with Crippen LogP contribution in [0.5, 0.6) is 0 Å². The monoisotopic (exact) mass is 285 g/mol. The minimum Gasteiger partial charge on any atom is -0.399 e. The van der Waals surface area contributed by atoms with Crippen LogP contribution in [0.3, 0.4) is 0 Å². The number of H-pyrrole nitrogens is 1. The fourth-order valence-corrected chi connectivity index (χ4v) is 2.59. The molecule has 21 heavy (non-hydrogen) atoms. The van der Waals surface area contributed by atoms with Crippen molar-refractivity contribution in [3.05, 3.63) is 40.2 Å². The molecule has 0 amide bonds. The Hall–Kier alpha value is -1.59. The van der Waals surface area contributed by atoms with E-state index in [-0.39, 0.29) is 23.9 Å². The molecule has 0 radical (unpaired) electrons. The average Bonchev–Trinajstić information content (AvgIpc) is 2.59. The third kappa shape index (κ3) is 2.30. The zero-order valence-electron chi connectivity index (χ0n) is 13.1. The van der Waals surface area contributed by atoms with E-state index in [1.807, 2.05) is 52.8 Å². The largest absolute Gasteiger partial charge is 0.494 e. The Morgan fingerprint density at radius 2 is 1.67 bits per heavy atom. The van der Waals surface area contributed by atoms with Crippen molar-refractivity contribution in [1.29, 1.82) is 0 Å². The Bertz CT molecular complexity index is 748. The summed E-state index contributed by atoms with van der Waals surface area (Å²) in [5.74, 6) is 0. The van der Waals surface area contributed by atoms with Gasteiger partial charge in [-0.15, -0.1) is 0 Å². The number of aromatic amines is 1. The second-order valence-electron chi connectivity index (χ2n) is 6.71. The van der Waals surface area contributed by atoms with Gasteiger partial charge in [-0.1, -0.05) is 12.1 Å². The molecule has 1 aliphatic heterocycles. The van der Waals surface area contributed by atoms with Crippen LogP contribution in [0.15, 0.2) is 29.1 Å². The SMILES string of the molecule is Cc1cc(B2OC(C)(C)C(C)(C)O2)cc2ccc(=O)[nH]c12. The topological polar surface area (TPSA) is 51.3 Å². The minimum atomic E-state index is -0.384. The molecule has 2 aromatic rings. The fourth-order valence-electron chi connectivity index (χ4n) is 2.59. The van der Waals surface area contributed by atoms with Crippen molar-refractivity contribution in [2.75, 3.05) is 0 Å². The molecule has 0 spiro atoms. The number of aryl methyl sites for hydroxylation is 1. The molecular weight excluding hydrogens is 265 g/mol. The number of rotatable bonds is 1. The first-order valence-electron chi connectivity index (χ1n) is 7.19. The van der Waals surface area contributed by atoms with E-state index < -0.39 is 0 Å². The van der Waals surface area contributed by atoms with Gasteiger partial charge in [-0.3, -0.25) is 4.79 Å². The fraction of sp³-hybridized carbons (Fsp3) is 0.438. The lowest BCUT2D eigenvalue weighted by atomic mass is 9.77. The Kier molecular flexibility index (Phi) is 3.04. The quantitative estimate of drug-likeness (QED) is 0.817. The highest BCUT2D eigenvalue weighted by atomic mass is 16.7. The van der Waals surface area contributed by atoms with Crippen LogP contribution < -0.4 is 11.0 Å². The number of nitrogens with one attached hydrogen (secondary N) is 1. The molecule has 0 atom stereocenters. The number of pyridine rings is 1. The molecule has 1 fully saturated rings. The molecular formula is C16H20BNO3. The van der Waals surface area contributed by atoms with E-state index in [9.17, 15) is 4.79 Å². The van der Waals surface area contributed by atoms with Gasteiger partial charge in [0.05, 0.1) is 16.7 Å². The first-order chi connectivity index (χ1) is 9.69. The molecule has 0 saturated carbocycles. The molecule has 1 N–H and O–H groups in total. The van der Waals surface area contributed by atoms with E-state index in [4.69, 9.17) is 9.31 Å². The summed E-state index contributed by atoms with van der Waals surface area (Å²) < 4.78 is 12.2. The van der Waals surface area contributed by atoms with Crippen molar-refractivity contribution in [2.45, 2.75) is 45.8 Å². The molecule has 0 bridgehead atoms. The molecule has 1 aromatic carbocycles. The maximum Gasteiger partial charge on any atom is 0.494 e. The van der Waals surface area contributed by atoms with E-state index in [0.29, 0.717) is 0 Å². The predicted octanol–water partition coefficient (Wildman–Crippen LogP) is 2.14. The van der Waals surface area contributed by atoms with E-state index in [1.54, 1.807) is 0 Å². The second kappa shape index (κ2) is 4.45. The molecule has 0 unspecified atom stereocenters. The Balaban J connectivity index is 2.07. The van der Waals surface area contributed by atoms with E-state index in [0.717, 1.165) is 21.9 Å². The number of fused-ring (bicyclic) bond motifs is 1. The maximum absolute atomic E-state index is 11.4. The van der Waals surface area contributed by atoms with E-state index in [2.05, 4.69) is 4.98 Å². The van der Waals surface area contributed by atoms with Gasteiger partial charge >= 0.3 is 7.12 Å². The molecule has 2 heterocycles. The van der Waals surface area contributed by atoms with Crippen molar-refractivity contribution in [3.63, 3.8) is 0 Å². The maximum atomic E-state index is 11.4. The van der Waals surface area contributed by atoms with Gasteiger partial charge in [-0.05, 0) is 57.1 Å². The highest BCUT2D eigenvalue weighted by Gasteiger charge is 2.51. The summed E-state index contributed by atoms with van der Waals surface area (Å²) >= 11 is 0. The average molecular weight is 285 g/mol. The van der Waals surface area contributed by atoms with Crippen LogP contribution in [0.4, 0.5) is 0 Å². The normalized spacial score (nSPS) is 20.1. The van der Waals surface area contributed by atoms with Crippen molar-refractivity contribution in [3.8, 4) is 0 Å². The smallest absolute Gasteiger partial charge is 0.399 e.